The molecule has 1 saturated heterocycles. The highest BCUT2D eigenvalue weighted by atomic mass is 16.5. The van der Waals surface area contributed by atoms with Gasteiger partial charge in [-0.1, -0.05) is 39.5 Å². The van der Waals surface area contributed by atoms with Gasteiger partial charge < -0.3 is 4.74 Å². The number of unbranched alkanes of at least 4 members (excludes halogenated alkanes) is 3. The van der Waals surface area contributed by atoms with E-state index in [9.17, 15) is 4.79 Å². The Labute approximate surface area is 112 Å². The number of hydrogen-bond donors (Lipinski definition) is 0. The minimum absolute atomic E-state index is 0.117. The van der Waals surface area contributed by atoms with E-state index in [0.29, 0.717) is 12.4 Å². The zero-order valence-corrected chi connectivity index (χ0v) is 12.7. The smallest absolute Gasteiger partial charge is 0.141 e. The molecule has 0 aromatic rings. The lowest BCUT2D eigenvalue weighted by atomic mass is 9.73. The Morgan fingerprint density at radius 1 is 1.11 bits per heavy atom. The molecule has 0 N–H and O–H groups in total. The van der Waals surface area contributed by atoms with Crippen molar-refractivity contribution >= 4 is 5.78 Å². The fourth-order valence-electron chi connectivity index (χ4n) is 3.05. The van der Waals surface area contributed by atoms with Crippen LogP contribution in [0.2, 0.25) is 0 Å². The summed E-state index contributed by atoms with van der Waals surface area (Å²) >= 11 is 0. The van der Waals surface area contributed by atoms with Crippen LogP contribution in [0.4, 0.5) is 0 Å². The SMILES string of the molecule is CCCCCC(=O)C1(CCCC)COC(C)(C)C1. The fraction of sp³-hybridized carbons (Fsp3) is 0.938. The summed E-state index contributed by atoms with van der Waals surface area (Å²) in [6.07, 6.45) is 8.35. The maximum atomic E-state index is 12.6. The average molecular weight is 254 g/mol. The highest BCUT2D eigenvalue weighted by Crippen LogP contribution is 2.44. The molecule has 106 valence electrons. The van der Waals surface area contributed by atoms with Crippen molar-refractivity contribution in [3.63, 3.8) is 0 Å². The van der Waals surface area contributed by atoms with E-state index in [1.54, 1.807) is 0 Å². The first-order chi connectivity index (χ1) is 8.46. The molecular weight excluding hydrogens is 224 g/mol. The molecule has 0 radical (unpaired) electrons. The molecule has 1 rings (SSSR count). The van der Waals surface area contributed by atoms with Crippen molar-refractivity contribution in [3.8, 4) is 0 Å². The van der Waals surface area contributed by atoms with Crippen LogP contribution in [-0.2, 0) is 9.53 Å². The third-order valence-electron chi connectivity index (χ3n) is 4.11. The van der Waals surface area contributed by atoms with Gasteiger partial charge in [0.25, 0.3) is 0 Å². The number of Topliss-reactive ketones (excluding diaryl/α,β-unsaturated/α-hetero) is 1. The van der Waals surface area contributed by atoms with Crippen LogP contribution in [0.3, 0.4) is 0 Å². The molecular formula is C16H30O2. The standard InChI is InChI=1S/C16H30O2/c1-5-7-9-10-14(17)16(11-8-6-2)12-15(3,4)18-13-16/h5-13H2,1-4H3. The van der Waals surface area contributed by atoms with Gasteiger partial charge in [-0.15, -0.1) is 0 Å². The molecule has 2 heteroatoms. The molecule has 0 spiro atoms. The highest BCUT2D eigenvalue weighted by molar-refractivity contribution is 5.85. The quantitative estimate of drug-likeness (QED) is 0.596. The number of carbonyl (C=O) groups excluding carboxylic acids is 1. The van der Waals surface area contributed by atoms with Crippen molar-refractivity contribution < 1.29 is 9.53 Å². The molecule has 2 nitrogen and oxygen atoms in total. The summed E-state index contributed by atoms with van der Waals surface area (Å²) < 4.78 is 5.86. The van der Waals surface area contributed by atoms with E-state index in [-0.39, 0.29) is 11.0 Å². The zero-order chi connectivity index (χ0) is 13.6. The van der Waals surface area contributed by atoms with Gasteiger partial charge in [0.2, 0.25) is 0 Å². The second-order valence-electron chi connectivity index (χ2n) is 6.49. The van der Waals surface area contributed by atoms with E-state index in [1.165, 1.54) is 12.8 Å². The molecule has 1 unspecified atom stereocenters. The summed E-state index contributed by atoms with van der Waals surface area (Å²) in [4.78, 5) is 12.6. The fourth-order valence-corrected chi connectivity index (χ4v) is 3.05. The predicted octanol–water partition coefficient (Wildman–Crippen LogP) is 4.51. The topological polar surface area (TPSA) is 26.3 Å². The van der Waals surface area contributed by atoms with Crippen LogP contribution in [0.15, 0.2) is 0 Å². The molecule has 1 aliphatic rings. The molecule has 0 amide bonds. The maximum absolute atomic E-state index is 12.6. The Morgan fingerprint density at radius 2 is 1.78 bits per heavy atom. The largest absolute Gasteiger partial charge is 0.374 e. The van der Waals surface area contributed by atoms with Crippen molar-refractivity contribution in [2.75, 3.05) is 6.61 Å². The van der Waals surface area contributed by atoms with Gasteiger partial charge >= 0.3 is 0 Å². The minimum atomic E-state index is -0.173. The molecule has 0 aromatic heterocycles. The van der Waals surface area contributed by atoms with Gasteiger partial charge in [-0.25, -0.2) is 0 Å². The van der Waals surface area contributed by atoms with Gasteiger partial charge in [-0.05, 0) is 33.1 Å². The minimum Gasteiger partial charge on any atom is -0.374 e. The summed E-state index contributed by atoms with van der Waals surface area (Å²) in [6, 6.07) is 0. The number of carbonyl (C=O) groups is 1. The van der Waals surface area contributed by atoms with E-state index in [2.05, 4.69) is 27.7 Å². The lowest BCUT2D eigenvalue weighted by Crippen LogP contribution is -2.33. The van der Waals surface area contributed by atoms with E-state index < -0.39 is 0 Å². The second-order valence-corrected chi connectivity index (χ2v) is 6.49. The Hall–Kier alpha value is -0.370. The van der Waals surface area contributed by atoms with Gasteiger partial charge in [-0.2, -0.15) is 0 Å². The first-order valence-corrected chi connectivity index (χ1v) is 7.63. The van der Waals surface area contributed by atoms with Gasteiger partial charge in [0.15, 0.2) is 0 Å². The third kappa shape index (κ3) is 4.08. The summed E-state index contributed by atoms with van der Waals surface area (Å²) in [5.41, 5.74) is -0.290. The van der Waals surface area contributed by atoms with Crippen LogP contribution < -0.4 is 0 Å². The van der Waals surface area contributed by atoms with Crippen LogP contribution in [0.25, 0.3) is 0 Å². The first-order valence-electron chi connectivity index (χ1n) is 7.63. The Balaban J connectivity index is 2.63. The van der Waals surface area contributed by atoms with Crippen molar-refractivity contribution in [1.29, 1.82) is 0 Å². The Bertz CT molecular complexity index is 270. The predicted molar refractivity (Wildman–Crippen MR) is 75.8 cm³/mol. The van der Waals surface area contributed by atoms with Crippen LogP contribution >= 0.6 is 0 Å². The van der Waals surface area contributed by atoms with Crippen LogP contribution in [0, 0.1) is 5.41 Å². The van der Waals surface area contributed by atoms with E-state index >= 15 is 0 Å². The number of ether oxygens (including phenoxy) is 1. The molecule has 1 fully saturated rings. The third-order valence-corrected chi connectivity index (χ3v) is 4.11. The van der Waals surface area contributed by atoms with Gasteiger partial charge in [0, 0.05) is 6.42 Å². The zero-order valence-electron chi connectivity index (χ0n) is 12.7. The van der Waals surface area contributed by atoms with Crippen molar-refractivity contribution in [2.45, 2.75) is 84.7 Å². The average Bonchev–Trinajstić information content (AvgIpc) is 2.64. The molecule has 18 heavy (non-hydrogen) atoms. The second kappa shape index (κ2) is 6.70. The normalized spacial score (nSPS) is 26.4. The van der Waals surface area contributed by atoms with Crippen molar-refractivity contribution in [3.05, 3.63) is 0 Å². The van der Waals surface area contributed by atoms with E-state index in [4.69, 9.17) is 4.74 Å². The summed E-state index contributed by atoms with van der Waals surface area (Å²) in [5.74, 6) is 0.454. The number of hydrogen-bond acceptors (Lipinski definition) is 2. The van der Waals surface area contributed by atoms with Gasteiger partial charge in [0.05, 0.1) is 17.6 Å². The maximum Gasteiger partial charge on any atom is 0.141 e. The van der Waals surface area contributed by atoms with Gasteiger partial charge in [0.1, 0.15) is 5.78 Å². The molecule has 1 heterocycles. The lowest BCUT2D eigenvalue weighted by Gasteiger charge is -2.27. The van der Waals surface area contributed by atoms with Crippen LogP contribution in [-0.4, -0.2) is 18.0 Å². The molecule has 1 aliphatic heterocycles. The molecule has 1 atom stereocenters. The Kier molecular flexibility index (Phi) is 5.84. The molecule has 0 aromatic carbocycles. The highest BCUT2D eigenvalue weighted by Gasteiger charge is 2.48. The monoisotopic (exact) mass is 254 g/mol. The summed E-state index contributed by atoms with van der Waals surface area (Å²) in [5, 5.41) is 0. The molecule has 0 saturated carbocycles. The van der Waals surface area contributed by atoms with Crippen molar-refractivity contribution in [1.82, 2.24) is 0 Å². The summed E-state index contributed by atoms with van der Waals surface area (Å²) in [6.45, 7) is 9.24. The summed E-state index contributed by atoms with van der Waals surface area (Å²) in [7, 11) is 0. The lowest BCUT2D eigenvalue weighted by molar-refractivity contribution is -0.129. The molecule has 0 bridgehead atoms. The van der Waals surface area contributed by atoms with E-state index in [0.717, 1.165) is 38.5 Å². The van der Waals surface area contributed by atoms with Crippen LogP contribution in [0.1, 0.15) is 79.1 Å². The first kappa shape index (κ1) is 15.7. The number of rotatable bonds is 8. The number of ketones is 1. The Morgan fingerprint density at radius 3 is 2.28 bits per heavy atom. The van der Waals surface area contributed by atoms with Crippen molar-refractivity contribution in [2.24, 2.45) is 5.41 Å². The van der Waals surface area contributed by atoms with E-state index in [1.807, 2.05) is 0 Å². The van der Waals surface area contributed by atoms with Crippen LogP contribution in [0.5, 0.6) is 0 Å². The molecule has 0 aliphatic carbocycles. The van der Waals surface area contributed by atoms with Gasteiger partial charge in [-0.3, -0.25) is 4.79 Å².